The molecule has 1 amide bonds. The fraction of sp³-hybridized carbons (Fsp3) is 0.125. The summed E-state index contributed by atoms with van der Waals surface area (Å²) in [7, 11) is 0. The monoisotopic (exact) mass is 337 g/mol. The molecule has 1 aromatic carbocycles. The van der Waals surface area contributed by atoms with Crippen LogP contribution in [0.4, 0.5) is 0 Å². The summed E-state index contributed by atoms with van der Waals surface area (Å²) in [6.45, 7) is 1.57. The molecule has 0 radical (unpaired) electrons. The van der Waals surface area contributed by atoms with Gasteiger partial charge in [-0.3, -0.25) is 0 Å². The predicted molar refractivity (Wildman–Crippen MR) is 39.9 cm³/mol. The molecule has 1 N–H and O–H groups in total. The SMILES string of the molecule is CC(=O)[NH][Hg][c]1ccccc1. The zero-order valence-electron chi connectivity index (χ0n) is 6.50. The van der Waals surface area contributed by atoms with Crippen molar-refractivity contribution in [2.75, 3.05) is 0 Å². The van der Waals surface area contributed by atoms with Crippen LogP contribution in [0, 0.1) is 0 Å². The molecule has 0 heterocycles. The van der Waals surface area contributed by atoms with Crippen LogP contribution in [0.3, 0.4) is 0 Å². The molecule has 0 saturated carbocycles. The van der Waals surface area contributed by atoms with E-state index in [4.69, 9.17) is 0 Å². The molecule has 1 rings (SSSR count). The van der Waals surface area contributed by atoms with E-state index in [1.165, 1.54) is 3.07 Å². The van der Waals surface area contributed by atoms with Crippen LogP contribution in [0.2, 0.25) is 0 Å². The van der Waals surface area contributed by atoms with Crippen molar-refractivity contribution in [3.05, 3.63) is 30.3 Å². The fourth-order valence-corrected chi connectivity index (χ4v) is 4.56. The molecule has 54 valence electrons. The Hall–Kier alpha value is -0.375. The summed E-state index contributed by atoms with van der Waals surface area (Å²) in [4.78, 5) is 10.6. The van der Waals surface area contributed by atoms with Gasteiger partial charge >= 0.3 is 79.0 Å². The van der Waals surface area contributed by atoms with E-state index in [0.29, 0.717) is 0 Å². The Morgan fingerprint density at radius 2 is 2.00 bits per heavy atom. The first-order chi connectivity index (χ1) is 5.29. The van der Waals surface area contributed by atoms with Crippen LogP contribution in [0.15, 0.2) is 30.3 Å². The number of rotatable bonds is 2. The Morgan fingerprint density at radius 3 is 2.55 bits per heavy atom. The molecule has 1 aromatic rings. The zero-order valence-corrected chi connectivity index (χ0v) is 12.0. The first kappa shape index (κ1) is 8.72. The molecule has 0 aliphatic carbocycles. The first-order valence-corrected chi connectivity index (χ1v) is 9.07. The van der Waals surface area contributed by atoms with Crippen LogP contribution in [-0.4, -0.2) is 5.91 Å². The van der Waals surface area contributed by atoms with Crippen LogP contribution in [0.5, 0.6) is 0 Å². The van der Waals surface area contributed by atoms with Gasteiger partial charge in [-0.05, 0) is 0 Å². The Labute approximate surface area is 78.9 Å². The second kappa shape index (κ2) is 4.49. The van der Waals surface area contributed by atoms with Gasteiger partial charge in [0.05, 0.1) is 0 Å². The average molecular weight is 336 g/mol. The van der Waals surface area contributed by atoms with Gasteiger partial charge in [0.25, 0.3) is 0 Å². The summed E-state index contributed by atoms with van der Waals surface area (Å²) in [6, 6.07) is 10.2. The first-order valence-electron chi connectivity index (χ1n) is 3.57. The molecule has 0 aromatic heterocycles. The van der Waals surface area contributed by atoms with E-state index in [1.54, 1.807) is 6.92 Å². The molecule has 0 atom stereocenters. The number of amides is 1. The Morgan fingerprint density at radius 1 is 1.36 bits per heavy atom. The average Bonchev–Trinajstić information content (AvgIpc) is 2.03. The van der Waals surface area contributed by atoms with Crippen molar-refractivity contribution in [3.8, 4) is 0 Å². The number of hydrogen-bond acceptors (Lipinski definition) is 1. The molecule has 0 aliphatic heterocycles. The molecular weight excluding hydrogens is 327 g/mol. The summed E-state index contributed by atoms with van der Waals surface area (Å²) in [5.41, 5.74) is 0. The summed E-state index contributed by atoms with van der Waals surface area (Å²) in [5.74, 6) is 0.107. The molecule has 0 aliphatic rings. The molecule has 2 nitrogen and oxygen atoms in total. The van der Waals surface area contributed by atoms with Crippen LogP contribution < -0.4 is 6.15 Å². The minimum absolute atomic E-state index is 0.107. The molecule has 0 unspecified atom stereocenters. The van der Waals surface area contributed by atoms with Crippen molar-refractivity contribution < 1.29 is 29.7 Å². The molecular formula is C8H9HgNO. The van der Waals surface area contributed by atoms with E-state index in [9.17, 15) is 4.79 Å². The molecule has 11 heavy (non-hydrogen) atoms. The fourth-order valence-electron chi connectivity index (χ4n) is 0.822. The number of benzene rings is 1. The minimum atomic E-state index is -1.27. The van der Waals surface area contributed by atoms with Crippen LogP contribution in [0.1, 0.15) is 6.92 Å². The van der Waals surface area contributed by atoms with Gasteiger partial charge in [-0.25, -0.2) is 0 Å². The van der Waals surface area contributed by atoms with Crippen LogP contribution >= 0.6 is 0 Å². The Balaban J connectivity index is 2.45. The van der Waals surface area contributed by atoms with Gasteiger partial charge in [0.1, 0.15) is 0 Å². The van der Waals surface area contributed by atoms with Crippen molar-refractivity contribution in [2.24, 2.45) is 0 Å². The van der Waals surface area contributed by atoms with Crippen molar-refractivity contribution >= 4 is 8.98 Å². The second-order valence-electron chi connectivity index (χ2n) is 2.40. The molecule has 0 bridgehead atoms. The van der Waals surface area contributed by atoms with E-state index in [2.05, 4.69) is 15.2 Å². The topological polar surface area (TPSA) is 29.1 Å². The van der Waals surface area contributed by atoms with Gasteiger partial charge in [-0.2, -0.15) is 0 Å². The van der Waals surface area contributed by atoms with E-state index >= 15 is 0 Å². The number of carbonyl (C=O) groups is 1. The van der Waals surface area contributed by atoms with Gasteiger partial charge in [-0.15, -0.1) is 0 Å². The van der Waals surface area contributed by atoms with E-state index < -0.39 is 24.9 Å². The second-order valence-corrected chi connectivity index (χ2v) is 8.32. The maximum absolute atomic E-state index is 10.6. The van der Waals surface area contributed by atoms with Gasteiger partial charge in [0, 0.05) is 0 Å². The Bertz CT molecular complexity index is 235. The molecule has 0 spiro atoms. The quantitative estimate of drug-likeness (QED) is 0.781. The van der Waals surface area contributed by atoms with Crippen molar-refractivity contribution in [3.63, 3.8) is 0 Å². The predicted octanol–water partition coefficient (Wildman–Crippen LogP) is 0.445. The third-order valence-corrected chi connectivity index (χ3v) is 7.43. The zero-order chi connectivity index (χ0) is 8.10. The summed E-state index contributed by atoms with van der Waals surface area (Å²) in [5, 5.41) is 0. The van der Waals surface area contributed by atoms with E-state index in [-0.39, 0.29) is 5.91 Å². The van der Waals surface area contributed by atoms with Crippen molar-refractivity contribution in [1.29, 1.82) is 0 Å². The van der Waals surface area contributed by atoms with E-state index in [0.717, 1.165) is 0 Å². The molecule has 0 saturated heterocycles. The molecule has 0 fully saturated rings. The van der Waals surface area contributed by atoms with Crippen LogP contribution in [0.25, 0.3) is 0 Å². The van der Waals surface area contributed by atoms with Crippen molar-refractivity contribution in [2.45, 2.75) is 6.92 Å². The van der Waals surface area contributed by atoms with Gasteiger partial charge < -0.3 is 0 Å². The Kier molecular flexibility index (Phi) is 3.56. The summed E-state index contributed by atoms with van der Waals surface area (Å²) < 4.78 is 4.29. The number of carbonyl (C=O) groups excluding carboxylic acids is 1. The standard InChI is InChI=1S/C6H5.C2H5NO.Hg/c1-2-4-6-5-3-1;1-2(3)4;/h1-5H;1H3,(H2,3,4);/q;;+1/p-1. The molecule has 3 heteroatoms. The van der Waals surface area contributed by atoms with Gasteiger partial charge in [0.15, 0.2) is 0 Å². The maximum atomic E-state index is 10.6. The van der Waals surface area contributed by atoms with E-state index in [1.807, 2.05) is 18.2 Å². The third-order valence-electron chi connectivity index (χ3n) is 1.38. The van der Waals surface area contributed by atoms with Crippen molar-refractivity contribution in [1.82, 2.24) is 3.08 Å². The normalized spacial score (nSPS) is 8.45. The van der Waals surface area contributed by atoms with Gasteiger partial charge in [0.2, 0.25) is 0 Å². The summed E-state index contributed by atoms with van der Waals surface area (Å²) in [6.07, 6.45) is 0. The summed E-state index contributed by atoms with van der Waals surface area (Å²) >= 11 is -1.27. The third kappa shape index (κ3) is 3.51. The number of hydrogen-bond donors (Lipinski definition) is 1. The number of nitrogens with one attached hydrogen (secondary N) is 1. The van der Waals surface area contributed by atoms with Gasteiger partial charge in [-0.1, -0.05) is 0 Å². The van der Waals surface area contributed by atoms with Crippen LogP contribution in [-0.2, 0) is 29.7 Å².